The lowest BCUT2D eigenvalue weighted by Crippen LogP contribution is -2.42. The van der Waals surface area contributed by atoms with Gasteiger partial charge in [-0.25, -0.2) is 12.8 Å². The van der Waals surface area contributed by atoms with E-state index < -0.39 is 15.8 Å². The van der Waals surface area contributed by atoms with E-state index in [1.807, 2.05) is 13.8 Å². The van der Waals surface area contributed by atoms with Crippen molar-refractivity contribution in [2.45, 2.75) is 31.7 Å². The molecular formula is C14H20ClFN2O2S. The van der Waals surface area contributed by atoms with Crippen LogP contribution in [0.2, 0.25) is 5.02 Å². The quantitative estimate of drug-likeness (QED) is 0.924. The molecule has 1 fully saturated rings. The standard InChI is InChI=1S/C14H20ClFN2O2S/c1-9-3-10(2)8-18(7-9)21(19,20)12-4-11(6-17)14(15)13(16)5-12/h4-5,9-10H,3,6-8,17H2,1-2H3. The van der Waals surface area contributed by atoms with Gasteiger partial charge in [0.05, 0.1) is 9.92 Å². The Morgan fingerprint density at radius 3 is 2.43 bits per heavy atom. The largest absolute Gasteiger partial charge is 0.326 e. The molecule has 1 saturated heterocycles. The third-order valence-corrected chi connectivity index (χ3v) is 6.00. The molecule has 2 N–H and O–H groups in total. The first kappa shape index (κ1) is 16.7. The molecule has 2 rings (SSSR count). The molecule has 2 unspecified atom stereocenters. The Morgan fingerprint density at radius 2 is 1.90 bits per heavy atom. The van der Waals surface area contributed by atoms with E-state index >= 15 is 0 Å². The summed E-state index contributed by atoms with van der Waals surface area (Å²) in [6, 6.07) is 2.34. The van der Waals surface area contributed by atoms with Crippen LogP contribution in [-0.2, 0) is 16.6 Å². The minimum Gasteiger partial charge on any atom is -0.326 e. The second-order valence-electron chi connectivity index (χ2n) is 5.85. The fourth-order valence-corrected chi connectivity index (χ4v) is 4.80. The molecule has 0 radical (unpaired) electrons. The minimum atomic E-state index is -3.72. The van der Waals surface area contributed by atoms with Gasteiger partial charge in [-0.3, -0.25) is 0 Å². The molecule has 0 aliphatic carbocycles. The molecule has 0 spiro atoms. The highest BCUT2D eigenvalue weighted by molar-refractivity contribution is 7.89. The third kappa shape index (κ3) is 3.39. The minimum absolute atomic E-state index is 0.00802. The Balaban J connectivity index is 2.42. The molecule has 7 heteroatoms. The number of hydrogen-bond donors (Lipinski definition) is 1. The van der Waals surface area contributed by atoms with E-state index in [9.17, 15) is 12.8 Å². The van der Waals surface area contributed by atoms with Gasteiger partial charge in [-0.1, -0.05) is 25.4 Å². The molecule has 4 nitrogen and oxygen atoms in total. The molecule has 1 aromatic rings. The Kier molecular flexibility index (Phi) is 4.92. The van der Waals surface area contributed by atoms with Crippen molar-refractivity contribution in [2.75, 3.05) is 13.1 Å². The van der Waals surface area contributed by atoms with Crippen molar-refractivity contribution in [3.05, 3.63) is 28.5 Å². The van der Waals surface area contributed by atoms with Crippen LogP contribution >= 0.6 is 11.6 Å². The summed E-state index contributed by atoms with van der Waals surface area (Å²) in [4.78, 5) is -0.0776. The third-order valence-electron chi connectivity index (χ3n) is 3.77. The number of nitrogens with zero attached hydrogens (tertiary/aromatic N) is 1. The fourth-order valence-electron chi connectivity index (χ4n) is 2.87. The fraction of sp³-hybridized carbons (Fsp3) is 0.571. The van der Waals surface area contributed by atoms with Gasteiger partial charge in [-0.15, -0.1) is 0 Å². The van der Waals surface area contributed by atoms with E-state index in [0.29, 0.717) is 18.7 Å². The lowest BCUT2D eigenvalue weighted by Gasteiger charge is -2.34. The van der Waals surface area contributed by atoms with Crippen LogP contribution in [0.5, 0.6) is 0 Å². The number of rotatable bonds is 3. The Hall–Kier alpha value is -0.690. The van der Waals surface area contributed by atoms with Crippen LogP contribution < -0.4 is 5.73 Å². The van der Waals surface area contributed by atoms with Crippen LogP contribution in [0.4, 0.5) is 4.39 Å². The lowest BCUT2D eigenvalue weighted by molar-refractivity contribution is 0.222. The van der Waals surface area contributed by atoms with Gasteiger partial charge in [0.25, 0.3) is 0 Å². The molecule has 0 aromatic heterocycles. The first-order valence-corrected chi connectivity index (χ1v) is 8.75. The number of hydrogen-bond acceptors (Lipinski definition) is 3. The van der Waals surface area contributed by atoms with E-state index in [2.05, 4.69) is 0 Å². The van der Waals surface area contributed by atoms with Gasteiger partial charge in [0.1, 0.15) is 5.82 Å². The predicted molar refractivity (Wildman–Crippen MR) is 81.0 cm³/mol. The number of piperidine rings is 1. The van der Waals surface area contributed by atoms with Gasteiger partial charge in [0, 0.05) is 19.6 Å². The number of halogens is 2. The summed E-state index contributed by atoms with van der Waals surface area (Å²) >= 11 is 5.78. The SMILES string of the molecule is CC1CC(C)CN(S(=O)(=O)c2cc(F)c(Cl)c(CN)c2)C1. The van der Waals surface area contributed by atoms with E-state index in [-0.39, 0.29) is 28.3 Å². The van der Waals surface area contributed by atoms with Gasteiger partial charge in [-0.05, 0) is 36.0 Å². The monoisotopic (exact) mass is 334 g/mol. The molecule has 0 amide bonds. The summed E-state index contributed by atoms with van der Waals surface area (Å²) in [7, 11) is -3.72. The zero-order valence-corrected chi connectivity index (χ0v) is 13.7. The highest BCUT2D eigenvalue weighted by Crippen LogP contribution is 2.29. The highest BCUT2D eigenvalue weighted by atomic mass is 35.5. The molecule has 1 aliphatic heterocycles. The van der Waals surface area contributed by atoms with Crippen LogP contribution in [0.1, 0.15) is 25.8 Å². The van der Waals surface area contributed by atoms with Crippen molar-refractivity contribution < 1.29 is 12.8 Å². The van der Waals surface area contributed by atoms with Crippen LogP contribution in [0, 0.1) is 17.7 Å². The second kappa shape index (κ2) is 6.20. The number of sulfonamides is 1. The maximum Gasteiger partial charge on any atom is 0.243 e. The van der Waals surface area contributed by atoms with Gasteiger partial charge in [0.2, 0.25) is 10.0 Å². The molecule has 1 aliphatic rings. The Labute approximate surface area is 130 Å². The van der Waals surface area contributed by atoms with Crippen LogP contribution in [-0.4, -0.2) is 25.8 Å². The summed E-state index contributed by atoms with van der Waals surface area (Å²) in [5.74, 6) is -0.180. The first-order valence-electron chi connectivity index (χ1n) is 6.93. The van der Waals surface area contributed by atoms with Crippen molar-refractivity contribution in [3.8, 4) is 0 Å². The summed E-state index contributed by atoms with van der Waals surface area (Å²) in [5, 5.41) is -0.114. The zero-order chi connectivity index (χ0) is 15.8. The van der Waals surface area contributed by atoms with Crippen LogP contribution in [0.3, 0.4) is 0 Å². The average molecular weight is 335 g/mol. The molecule has 0 bridgehead atoms. The topological polar surface area (TPSA) is 63.4 Å². The Bertz CT molecular complexity index is 626. The van der Waals surface area contributed by atoms with Gasteiger partial charge < -0.3 is 5.73 Å². The number of benzene rings is 1. The smallest absolute Gasteiger partial charge is 0.243 e. The van der Waals surface area contributed by atoms with Gasteiger partial charge in [0.15, 0.2) is 0 Å². The molecule has 1 heterocycles. The summed E-state index contributed by atoms with van der Waals surface area (Å²) < 4.78 is 40.6. The maximum absolute atomic E-state index is 13.8. The van der Waals surface area contributed by atoms with E-state index in [0.717, 1.165) is 12.5 Å². The molecule has 2 atom stereocenters. The Morgan fingerprint density at radius 1 is 1.33 bits per heavy atom. The van der Waals surface area contributed by atoms with Gasteiger partial charge in [-0.2, -0.15) is 4.31 Å². The average Bonchev–Trinajstić information content (AvgIpc) is 2.40. The zero-order valence-electron chi connectivity index (χ0n) is 12.1. The summed E-state index contributed by atoms with van der Waals surface area (Å²) in [6.45, 7) is 4.94. The first-order chi connectivity index (χ1) is 9.75. The van der Waals surface area contributed by atoms with Gasteiger partial charge >= 0.3 is 0 Å². The van der Waals surface area contributed by atoms with Crippen LogP contribution in [0.25, 0.3) is 0 Å². The highest BCUT2D eigenvalue weighted by Gasteiger charge is 2.32. The molecule has 118 valence electrons. The normalized spacial score (nSPS) is 24.2. The molecule has 1 aromatic carbocycles. The van der Waals surface area contributed by atoms with Crippen molar-refractivity contribution in [1.29, 1.82) is 0 Å². The van der Waals surface area contributed by atoms with Crippen molar-refractivity contribution in [1.82, 2.24) is 4.31 Å². The second-order valence-corrected chi connectivity index (χ2v) is 8.17. The predicted octanol–water partition coefficient (Wildman–Crippen LogP) is 2.60. The molecule has 0 saturated carbocycles. The summed E-state index contributed by atoms with van der Waals surface area (Å²) in [6.07, 6.45) is 0.995. The van der Waals surface area contributed by atoms with E-state index in [1.54, 1.807) is 0 Å². The lowest BCUT2D eigenvalue weighted by atomic mass is 9.94. The molecule has 21 heavy (non-hydrogen) atoms. The van der Waals surface area contributed by atoms with Crippen molar-refractivity contribution in [3.63, 3.8) is 0 Å². The van der Waals surface area contributed by atoms with Crippen molar-refractivity contribution >= 4 is 21.6 Å². The van der Waals surface area contributed by atoms with E-state index in [4.69, 9.17) is 17.3 Å². The van der Waals surface area contributed by atoms with Crippen LogP contribution in [0.15, 0.2) is 17.0 Å². The molecular weight excluding hydrogens is 315 g/mol. The maximum atomic E-state index is 13.8. The van der Waals surface area contributed by atoms with Crippen molar-refractivity contribution in [2.24, 2.45) is 17.6 Å². The number of nitrogens with two attached hydrogens (primary N) is 1. The van der Waals surface area contributed by atoms with E-state index in [1.165, 1.54) is 10.4 Å². The summed E-state index contributed by atoms with van der Waals surface area (Å²) in [5.41, 5.74) is 5.79.